The summed E-state index contributed by atoms with van der Waals surface area (Å²) in [5.74, 6) is 0. The summed E-state index contributed by atoms with van der Waals surface area (Å²) in [7, 11) is 3.91. The van der Waals surface area contributed by atoms with E-state index in [4.69, 9.17) is 0 Å². The van der Waals surface area contributed by atoms with Crippen LogP contribution in [-0.4, -0.2) is 57.1 Å². The second-order valence-electron chi connectivity index (χ2n) is 8.42. The molecule has 5 rings (SSSR count). The van der Waals surface area contributed by atoms with Crippen molar-refractivity contribution in [3.05, 3.63) is 65.7 Å². The predicted molar refractivity (Wildman–Crippen MR) is 132 cm³/mol. The normalized spacial score (nSPS) is 12.2. The zero-order chi connectivity index (χ0) is 23.4. The van der Waals surface area contributed by atoms with Gasteiger partial charge in [-0.05, 0) is 38.7 Å². The van der Waals surface area contributed by atoms with Gasteiger partial charge in [0.25, 0.3) is 0 Å². The van der Waals surface area contributed by atoms with Gasteiger partial charge >= 0.3 is 12.2 Å². The average Bonchev–Trinajstić information content (AvgIpc) is 3.30. The number of carboxylic acid groups (broad SMARTS) is 2. The molecule has 2 N–H and O–H groups in total. The van der Waals surface area contributed by atoms with Crippen LogP contribution < -0.4 is 0 Å². The zero-order valence-corrected chi connectivity index (χ0v) is 18.5. The van der Waals surface area contributed by atoms with Crippen LogP contribution in [0.2, 0.25) is 0 Å². The lowest BCUT2D eigenvalue weighted by Gasteiger charge is -2.11. The molecule has 0 saturated carbocycles. The van der Waals surface area contributed by atoms with Crippen molar-refractivity contribution in [2.45, 2.75) is 6.92 Å². The molecule has 7 nitrogen and oxygen atoms in total. The number of nitrogens with zero attached hydrogens (tertiary/aromatic N) is 3. The number of carbonyl (C=O) groups is 2. The summed E-state index contributed by atoms with van der Waals surface area (Å²) >= 11 is 0. The predicted octanol–water partition coefficient (Wildman–Crippen LogP) is 5.84. The van der Waals surface area contributed by atoms with Crippen LogP contribution in [0.4, 0.5) is 9.59 Å². The van der Waals surface area contributed by atoms with E-state index >= 15 is 0 Å². The molecule has 0 spiro atoms. The van der Waals surface area contributed by atoms with Crippen LogP contribution in [0, 0.1) is 6.92 Å². The maximum absolute atomic E-state index is 12.5. The Morgan fingerprint density at radius 3 is 1.91 bits per heavy atom. The summed E-state index contributed by atoms with van der Waals surface area (Å²) in [6, 6.07) is 14.7. The topological polar surface area (TPSA) is 87.7 Å². The molecule has 2 aromatic heterocycles. The van der Waals surface area contributed by atoms with Crippen molar-refractivity contribution in [2.24, 2.45) is 0 Å². The standard InChI is InChI=1S/C26H23N3O4/c1-15-21-16-9-4-6-12-19(16)29(26(32)33)24(21)18(11-8-14-27(2)3)22-17-10-5-7-13-20(17)28(23(15)22)25(30)31/h4-13H,14H2,1-3H3,(H,30,31)(H,32,33). The Balaban J connectivity index is 2.14. The van der Waals surface area contributed by atoms with E-state index in [2.05, 4.69) is 0 Å². The summed E-state index contributed by atoms with van der Waals surface area (Å²) in [6.07, 6.45) is 1.74. The number of para-hydroxylation sites is 2. The average molecular weight is 441 g/mol. The Hall–Kier alpha value is -4.10. The minimum absolute atomic E-state index is 0.567. The number of rotatable bonds is 3. The van der Waals surface area contributed by atoms with E-state index in [9.17, 15) is 19.8 Å². The van der Waals surface area contributed by atoms with Crippen LogP contribution in [-0.2, 0) is 0 Å². The smallest absolute Gasteiger partial charge is 0.416 e. The third-order valence-corrected chi connectivity index (χ3v) is 6.14. The Morgan fingerprint density at radius 1 is 0.848 bits per heavy atom. The molecule has 0 amide bonds. The van der Waals surface area contributed by atoms with Crippen molar-refractivity contribution in [3.63, 3.8) is 0 Å². The van der Waals surface area contributed by atoms with Gasteiger partial charge in [-0.2, -0.15) is 0 Å². The van der Waals surface area contributed by atoms with Crippen LogP contribution >= 0.6 is 0 Å². The number of likely N-dealkylation sites (N-methyl/N-ethyl adjacent to an activating group) is 1. The van der Waals surface area contributed by atoms with Gasteiger partial charge in [0.15, 0.2) is 0 Å². The molecule has 2 heterocycles. The molecule has 5 aromatic rings. The first-order valence-electron chi connectivity index (χ1n) is 10.6. The Morgan fingerprint density at radius 2 is 1.36 bits per heavy atom. The third-order valence-electron chi connectivity index (χ3n) is 6.14. The Bertz CT molecular complexity index is 1630. The zero-order valence-electron chi connectivity index (χ0n) is 18.5. The van der Waals surface area contributed by atoms with Gasteiger partial charge in [0, 0.05) is 33.7 Å². The van der Waals surface area contributed by atoms with E-state index in [-0.39, 0.29) is 0 Å². The van der Waals surface area contributed by atoms with Gasteiger partial charge < -0.3 is 15.1 Å². The Labute approximate surface area is 189 Å². The molecule has 0 fully saturated rings. The molecule has 0 radical (unpaired) electrons. The molecule has 0 bridgehead atoms. The highest BCUT2D eigenvalue weighted by molar-refractivity contribution is 6.27. The molecule has 7 heteroatoms. The molecular formula is C26H23N3O4. The number of hydrogen-bond acceptors (Lipinski definition) is 3. The first-order valence-corrected chi connectivity index (χ1v) is 10.6. The fourth-order valence-electron chi connectivity index (χ4n) is 4.92. The molecular weight excluding hydrogens is 418 g/mol. The number of aryl methyl sites for hydroxylation is 1. The second-order valence-corrected chi connectivity index (χ2v) is 8.42. The fourth-order valence-corrected chi connectivity index (χ4v) is 4.92. The summed E-state index contributed by atoms with van der Waals surface area (Å²) in [5.41, 5.74) is 3.72. The third kappa shape index (κ3) is 2.93. The van der Waals surface area contributed by atoms with Crippen molar-refractivity contribution < 1.29 is 19.8 Å². The molecule has 0 atom stereocenters. The fraction of sp³-hybridized carbons (Fsp3) is 0.154. The highest BCUT2D eigenvalue weighted by Crippen LogP contribution is 2.43. The van der Waals surface area contributed by atoms with Crippen molar-refractivity contribution in [1.82, 2.24) is 14.0 Å². The lowest BCUT2D eigenvalue weighted by Crippen LogP contribution is -2.11. The van der Waals surface area contributed by atoms with Crippen molar-refractivity contribution in [1.29, 1.82) is 0 Å². The van der Waals surface area contributed by atoms with Crippen molar-refractivity contribution in [3.8, 4) is 0 Å². The molecule has 3 aromatic carbocycles. The van der Waals surface area contributed by atoms with Gasteiger partial charge in [-0.15, -0.1) is 0 Å². The first kappa shape index (κ1) is 20.8. The summed E-state index contributed by atoms with van der Waals surface area (Å²) in [6.45, 7) is 2.52. The first-order chi connectivity index (χ1) is 15.8. The number of aromatic nitrogens is 2. The molecule has 0 aliphatic carbocycles. The van der Waals surface area contributed by atoms with Gasteiger partial charge in [-0.1, -0.05) is 48.6 Å². The summed E-state index contributed by atoms with van der Waals surface area (Å²) in [4.78, 5) is 26.9. The van der Waals surface area contributed by atoms with Gasteiger partial charge in [0.2, 0.25) is 0 Å². The monoisotopic (exact) mass is 441 g/mol. The maximum atomic E-state index is 12.5. The van der Waals surface area contributed by atoms with E-state index in [1.54, 1.807) is 12.1 Å². The van der Waals surface area contributed by atoms with Crippen LogP contribution in [0.3, 0.4) is 0 Å². The van der Waals surface area contributed by atoms with Gasteiger partial charge in [0.1, 0.15) is 0 Å². The molecule has 33 heavy (non-hydrogen) atoms. The van der Waals surface area contributed by atoms with Crippen molar-refractivity contribution in [2.75, 3.05) is 20.6 Å². The van der Waals surface area contributed by atoms with Crippen LogP contribution in [0.15, 0.2) is 54.6 Å². The van der Waals surface area contributed by atoms with Gasteiger partial charge in [-0.25, -0.2) is 18.7 Å². The van der Waals surface area contributed by atoms with Gasteiger partial charge in [-0.3, -0.25) is 0 Å². The van der Waals surface area contributed by atoms with Crippen molar-refractivity contribution >= 4 is 61.9 Å². The van der Waals surface area contributed by atoms with E-state index < -0.39 is 12.2 Å². The summed E-state index contributed by atoms with van der Waals surface area (Å²) in [5, 5.41) is 23.4. The highest BCUT2D eigenvalue weighted by Gasteiger charge is 2.26. The molecule has 166 valence electrons. The largest absolute Gasteiger partial charge is 0.464 e. The minimum atomic E-state index is -1.08. The van der Waals surface area contributed by atoms with E-state index in [1.807, 2.05) is 74.5 Å². The molecule has 0 aliphatic heterocycles. The quantitative estimate of drug-likeness (QED) is 0.367. The number of benzene rings is 3. The lowest BCUT2D eigenvalue weighted by molar-refractivity contribution is 0.197. The minimum Gasteiger partial charge on any atom is -0.464 e. The highest BCUT2D eigenvalue weighted by atomic mass is 16.4. The van der Waals surface area contributed by atoms with Crippen LogP contribution in [0.1, 0.15) is 11.1 Å². The van der Waals surface area contributed by atoms with E-state index in [0.29, 0.717) is 34.2 Å². The molecule has 0 aliphatic rings. The SMILES string of the molecule is Cc1c2c3ccccc3n(C(=O)O)c2c(C=CCN(C)C)c2c3ccccc3n(C(=O)O)c12. The van der Waals surface area contributed by atoms with Crippen LogP contribution in [0.25, 0.3) is 49.7 Å². The van der Waals surface area contributed by atoms with E-state index in [1.165, 1.54) is 9.13 Å². The second kappa shape index (κ2) is 7.50. The maximum Gasteiger partial charge on any atom is 0.416 e. The lowest BCUT2D eigenvalue weighted by atomic mass is 9.97. The van der Waals surface area contributed by atoms with E-state index in [0.717, 1.165) is 27.1 Å². The molecule has 0 saturated heterocycles. The summed E-state index contributed by atoms with van der Waals surface area (Å²) < 4.78 is 2.63. The molecule has 0 unspecified atom stereocenters. The van der Waals surface area contributed by atoms with Crippen LogP contribution in [0.5, 0.6) is 0 Å². The number of fused-ring (bicyclic) bond motifs is 6. The Kier molecular flexibility index (Phi) is 4.72. The number of hydrogen-bond donors (Lipinski definition) is 2. The van der Waals surface area contributed by atoms with Gasteiger partial charge in [0.05, 0.1) is 22.1 Å².